The highest BCUT2D eigenvalue weighted by molar-refractivity contribution is 6.03. The van der Waals surface area contributed by atoms with Crippen molar-refractivity contribution in [3.05, 3.63) is 47.1 Å². The molecule has 26 heavy (non-hydrogen) atoms. The van der Waals surface area contributed by atoms with Gasteiger partial charge in [0.15, 0.2) is 11.6 Å². The molecule has 0 atom stereocenters. The summed E-state index contributed by atoms with van der Waals surface area (Å²) in [6.07, 6.45) is 8.48. The standard InChI is InChI=1S/C22H32O4/c1-16(2)14-21(24)15-19(5)22(25)11-10-17(3)8-7-9-18(4)12-13-26-20(6)23/h8,12,14H,5,7,9-11,13,15H2,1-4,6H3/b17-8+,18-12+. The van der Waals surface area contributed by atoms with E-state index in [9.17, 15) is 14.4 Å². The molecule has 144 valence electrons. The lowest BCUT2D eigenvalue weighted by Crippen LogP contribution is -2.06. The van der Waals surface area contributed by atoms with E-state index < -0.39 is 0 Å². The molecule has 0 spiro atoms. The maximum atomic E-state index is 12.1. The molecule has 0 unspecified atom stereocenters. The molecular weight excluding hydrogens is 328 g/mol. The van der Waals surface area contributed by atoms with Crippen molar-refractivity contribution in [1.29, 1.82) is 0 Å². The highest BCUT2D eigenvalue weighted by atomic mass is 16.5. The van der Waals surface area contributed by atoms with E-state index in [0.29, 0.717) is 25.0 Å². The van der Waals surface area contributed by atoms with E-state index in [0.717, 1.165) is 29.6 Å². The maximum absolute atomic E-state index is 12.1. The largest absolute Gasteiger partial charge is 0.462 e. The van der Waals surface area contributed by atoms with E-state index in [2.05, 4.69) is 12.7 Å². The monoisotopic (exact) mass is 360 g/mol. The minimum atomic E-state index is -0.279. The zero-order chi connectivity index (χ0) is 20.1. The van der Waals surface area contributed by atoms with Crippen molar-refractivity contribution < 1.29 is 19.1 Å². The van der Waals surface area contributed by atoms with Crippen LogP contribution < -0.4 is 0 Å². The lowest BCUT2D eigenvalue weighted by atomic mass is 9.99. The Morgan fingerprint density at radius 2 is 1.50 bits per heavy atom. The van der Waals surface area contributed by atoms with Gasteiger partial charge in [0.1, 0.15) is 6.61 Å². The second kappa shape index (κ2) is 13.0. The number of hydrogen-bond acceptors (Lipinski definition) is 4. The highest BCUT2D eigenvalue weighted by Gasteiger charge is 2.10. The molecule has 0 aliphatic carbocycles. The van der Waals surface area contributed by atoms with Gasteiger partial charge in [-0.15, -0.1) is 0 Å². The van der Waals surface area contributed by atoms with Crippen LogP contribution in [0.25, 0.3) is 0 Å². The van der Waals surface area contributed by atoms with Gasteiger partial charge in [-0.3, -0.25) is 14.4 Å². The van der Waals surface area contributed by atoms with E-state index in [1.807, 2.05) is 33.8 Å². The maximum Gasteiger partial charge on any atom is 0.302 e. The number of carbonyl (C=O) groups excluding carboxylic acids is 3. The van der Waals surface area contributed by atoms with Crippen LogP contribution in [0.4, 0.5) is 0 Å². The SMILES string of the molecule is C=C(CC(=O)C=C(C)C)C(=O)CC/C(C)=C/CC/C(C)=C/COC(C)=O. The molecule has 0 aliphatic rings. The van der Waals surface area contributed by atoms with Gasteiger partial charge < -0.3 is 4.74 Å². The fourth-order valence-corrected chi connectivity index (χ4v) is 2.22. The number of Topliss-reactive ketones (excluding diaryl/α,β-unsaturated/α-hetero) is 1. The molecule has 4 nitrogen and oxygen atoms in total. The Bertz CT molecular complexity index is 614. The van der Waals surface area contributed by atoms with Gasteiger partial charge in [0.05, 0.1) is 0 Å². The molecule has 0 aromatic heterocycles. The van der Waals surface area contributed by atoms with Crippen molar-refractivity contribution in [2.75, 3.05) is 6.61 Å². The number of allylic oxidation sites excluding steroid dienone is 6. The third kappa shape index (κ3) is 13.1. The van der Waals surface area contributed by atoms with Gasteiger partial charge in [-0.2, -0.15) is 0 Å². The molecule has 0 aromatic carbocycles. The van der Waals surface area contributed by atoms with Crippen LogP contribution in [0.2, 0.25) is 0 Å². The quantitative estimate of drug-likeness (QED) is 0.277. The second-order valence-electron chi connectivity index (χ2n) is 6.83. The fourth-order valence-electron chi connectivity index (χ4n) is 2.22. The van der Waals surface area contributed by atoms with Gasteiger partial charge in [0, 0.05) is 19.8 Å². The third-order valence-corrected chi connectivity index (χ3v) is 3.73. The van der Waals surface area contributed by atoms with Crippen molar-refractivity contribution in [1.82, 2.24) is 0 Å². The first-order chi connectivity index (χ1) is 12.1. The van der Waals surface area contributed by atoms with Crippen molar-refractivity contribution in [3.63, 3.8) is 0 Å². The summed E-state index contributed by atoms with van der Waals surface area (Å²) in [5.74, 6) is -0.407. The van der Waals surface area contributed by atoms with Crippen LogP contribution in [0.5, 0.6) is 0 Å². The lowest BCUT2D eigenvalue weighted by Gasteiger charge is -2.05. The first-order valence-electron chi connectivity index (χ1n) is 8.95. The van der Waals surface area contributed by atoms with E-state index in [4.69, 9.17) is 4.74 Å². The Morgan fingerprint density at radius 3 is 2.08 bits per heavy atom. The van der Waals surface area contributed by atoms with Crippen LogP contribution in [-0.2, 0) is 19.1 Å². The lowest BCUT2D eigenvalue weighted by molar-refractivity contribution is -0.139. The van der Waals surface area contributed by atoms with Crippen LogP contribution >= 0.6 is 0 Å². The van der Waals surface area contributed by atoms with Gasteiger partial charge in [-0.05, 0) is 64.7 Å². The Labute approximate surface area is 157 Å². The molecule has 0 amide bonds. The zero-order valence-electron chi connectivity index (χ0n) is 16.8. The molecular formula is C22H32O4. The zero-order valence-corrected chi connectivity index (χ0v) is 16.8. The van der Waals surface area contributed by atoms with Crippen molar-refractivity contribution >= 4 is 17.5 Å². The number of hydrogen-bond donors (Lipinski definition) is 0. The fraction of sp³-hybridized carbons (Fsp3) is 0.500. The molecule has 0 N–H and O–H groups in total. The average Bonchev–Trinajstić information content (AvgIpc) is 2.51. The predicted molar refractivity (Wildman–Crippen MR) is 106 cm³/mol. The summed E-state index contributed by atoms with van der Waals surface area (Å²) in [6, 6.07) is 0. The Hall–Kier alpha value is -2.23. The van der Waals surface area contributed by atoms with E-state index in [1.165, 1.54) is 6.92 Å². The van der Waals surface area contributed by atoms with Gasteiger partial charge in [0.25, 0.3) is 0 Å². The molecule has 0 bridgehead atoms. The van der Waals surface area contributed by atoms with Gasteiger partial charge in [-0.1, -0.05) is 29.4 Å². The molecule has 0 aliphatic heterocycles. The minimum absolute atomic E-state index is 0.0503. The summed E-state index contributed by atoms with van der Waals surface area (Å²) in [5, 5.41) is 0. The summed E-state index contributed by atoms with van der Waals surface area (Å²) in [4.78, 5) is 34.5. The second-order valence-corrected chi connectivity index (χ2v) is 6.83. The molecule has 4 heteroatoms. The summed E-state index contributed by atoms with van der Waals surface area (Å²) in [7, 11) is 0. The first kappa shape index (κ1) is 23.8. The molecule has 0 saturated carbocycles. The molecule has 0 aromatic rings. The summed E-state index contributed by atoms with van der Waals surface area (Å²) in [5.41, 5.74) is 3.61. The number of carbonyl (C=O) groups is 3. The van der Waals surface area contributed by atoms with Crippen LogP contribution in [0.15, 0.2) is 47.1 Å². The highest BCUT2D eigenvalue weighted by Crippen LogP contribution is 2.13. The molecule has 0 heterocycles. The number of rotatable bonds is 12. The van der Waals surface area contributed by atoms with E-state index in [-0.39, 0.29) is 24.0 Å². The Morgan fingerprint density at radius 1 is 0.885 bits per heavy atom. The number of ketones is 2. The van der Waals surface area contributed by atoms with Crippen molar-refractivity contribution in [2.24, 2.45) is 0 Å². The Kier molecular flexibility index (Phi) is 11.9. The number of esters is 1. The smallest absolute Gasteiger partial charge is 0.302 e. The third-order valence-electron chi connectivity index (χ3n) is 3.73. The molecule has 0 saturated heterocycles. The van der Waals surface area contributed by atoms with E-state index >= 15 is 0 Å². The molecule has 0 fully saturated rings. The van der Waals surface area contributed by atoms with E-state index in [1.54, 1.807) is 6.08 Å². The summed E-state index contributed by atoms with van der Waals surface area (Å²) >= 11 is 0. The van der Waals surface area contributed by atoms with Crippen LogP contribution in [0, 0.1) is 0 Å². The number of ether oxygens (including phenoxy) is 1. The van der Waals surface area contributed by atoms with Crippen LogP contribution in [-0.4, -0.2) is 24.1 Å². The van der Waals surface area contributed by atoms with Crippen LogP contribution in [0.1, 0.15) is 66.7 Å². The van der Waals surface area contributed by atoms with Crippen LogP contribution in [0.3, 0.4) is 0 Å². The van der Waals surface area contributed by atoms with Crippen molar-refractivity contribution in [3.8, 4) is 0 Å². The molecule has 0 radical (unpaired) electrons. The van der Waals surface area contributed by atoms with Crippen molar-refractivity contribution in [2.45, 2.75) is 66.7 Å². The summed E-state index contributed by atoms with van der Waals surface area (Å²) in [6.45, 7) is 13.2. The minimum Gasteiger partial charge on any atom is -0.462 e. The first-order valence-corrected chi connectivity index (χ1v) is 8.95. The topological polar surface area (TPSA) is 60.4 Å². The van der Waals surface area contributed by atoms with Gasteiger partial charge in [-0.25, -0.2) is 0 Å². The normalized spacial score (nSPS) is 11.7. The predicted octanol–water partition coefficient (Wildman–Crippen LogP) is 5.05. The Balaban J connectivity index is 4.21. The molecule has 0 rings (SSSR count). The average molecular weight is 360 g/mol. The summed E-state index contributed by atoms with van der Waals surface area (Å²) < 4.78 is 4.87. The van der Waals surface area contributed by atoms with Gasteiger partial charge >= 0.3 is 5.97 Å². The van der Waals surface area contributed by atoms with Gasteiger partial charge in [0.2, 0.25) is 0 Å².